The van der Waals surface area contributed by atoms with Crippen LogP contribution in [0.3, 0.4) is 0 Å². The molecule has 1 saturated heterocycles. The van der Waals surface area contributed by atoms with Crippen molar-refractivity contribution < 1.29 is 18.4 Å². The van der Waals surface area contributed by atoms with E-state index >= 15 is 0 Å². The molecule has 8 heteroatoms. The average molecular weight is 493 g/mol. The molecule has 1 amide bonds. The van der Waals surface area contributed by atoms with Gasteiger partial charge in [0.25, 0.3) is 5.88 Å². The summed E-state index contributed by atoms with van der Waals surface area (Å²) in [6, 6.07) is 16.4. The Bertz CT molecular complexity index is 1210. The summed E-state index contributed by atoms with van der Waals surface area (Å²) < 4.78 is 25.8. The molecule has 2 heterocycles. The minimum absolute atomic E-state index is 0.214. The van der Waals surface area contributed by atoms with Gasteiger partial charge in [0.05, 0.1) is 5.69 Å². The first kappa shape index (κ1) is 25.4. The third-order valence-electron chi connectivity index (χ3n) is 6.02. The van der Waals surface area contributed by atoms with Gasteiger partial charge in [0.15, 0.2) is 0 Å². The molecule has 7 nitrogen and oxygen atoms in total. The molecule has 1 fully saturated rings. The summed E-state index contributed by atoms with van der Waals surface area (Å²) in [4.78, 5) is 19.0. The summed E-state index contributed by atoms with van der Waals surface area (Å²) in [5.41, 5.74) is 2.15. The van der Waals surface area contributed by atoms with Crippen LogP contribution in [0.2, 0.25) is 0 Å². The molecule has 1 aliphatic rings. The largest absolute Gasteiger partial charge is 0.444 e. The molecule has 1 aliphatic heterocycles. The lowest BCUT2D eigenvalue weighted by Crippen LogP contribution is -2.47. The molecule has 0 spiro atoms. The van der Waals surface area contributed by atoms with Crippen molar-refractivity contribution >= 4 is 17.9 Å². The molecule has 1 atom stereocenters. The number of hydrogen-bond acceptors (Lipinski definition) is 5. The van der Waals surface area contributed by atoms with Gasteiger partial charge in [-0.25, -0.2) is 9.18 Å². The molecule has 0 radical (unpaired) electrons. The number of hydrogen-bond donors (Lipinski definition) is 1. The Morgan fingerprint density at radius 2 is 1.83 bits per heavy atom. The van der Waals surface area contributed by atoms with Gasteiger partial charge in [0, 0.05) is 30.6 Å². The van der Waals surface area contributed by atoms with Gasteiger partial charge < -0.3 is 14.2 Å². The van der Waals surface area contributed by atoms with Crippen molar-refractivity contribution in [1.29, 1.82) is 0 Å². The fraction of sp³-hybridized carbons (Fsp3) is 0.393. The Morgan fingerprint density at radius 1 is 1.11 bits per heavy atom. The number of nitrogens with zero attached hydrogens (tertiary/aromatic N) is 3. The first-order valence-corrected chi connectivity index (χ1v) is 12.3. The van der Waals surface area contributed by atoms with E-state index in [1.807, 2.05) is 69.0 Å². The van der Waals surface area contributed by atoms with E-state index in [1.54, 1.807) is 12.1 Å². The summed E-state index contributed by atoms with van der Waals surface area (Å²) >= 11 is 0. The van der Waals surface area contributed by atoms with Crippen LogP contribution in [0.25, 0.3) is 11.1 Å². The zero-order valence-corrected chi connectivity index (χ0v) is 21.3. The van der Waals surface area contributed by atoms with Crippen LogP contribution in [0.4, 0.5) is 15.1 Å². The number of nitrogens with one attached hydrogen (secondary N) is 1. The monoisotopic (exact) mass is 492 g/mol. The minimum Gasteiger partial charge on any atom is -0.444 e. The molecule has 3 aromatic rings. The number of carbonyl (C=O) groups excluding carboxylic acids is 1. The van der Waals surface area contributed by atoms with E-state index in [1.165, 1.54) is 6.07 Å². The minimum atomic E-state index is -0.628. The summed E-state index contributed by atoms with van der Waals surface area (Å²) in [6.45, 7) is 8.92. The third-order valence-corrected chi connectivity index (χ3v) is 6.02. The number of carbonyl (C=O) groups is 1. The molecule has 1 unspecified atom stereocenters. The lowest BCUT2D eigenvalue weighted by atomic mass is 9.95. The predicted octanol–water partition coefficient (Wildman–Crippen LogP) is 6.63. The topological polar surface area (TPSA) is 80.0 Å². The molecule has 0 aliphatic carbocycles. The van der Waals surface area contributed by atoms with Crippen molar-refractivity contribution in [3.8, 4) is 11.1 Å². The van der Waals surface area contributed by atoms with Crippen LogP contribution in [-0.2, 0) is 4.74 Å². The SMILES string of the molecule is CC(c1ccc(-c2ccccc2)c(F)c1)c1cc(/N=C(\NC(=O)OC(C)(C)C)N2CCCCC2)on1. The Balaban J connectivity index is 1.54. The highest BCUT2D eigenvalue weighted by molar-refractivity contribution is 5.95. The van der Waals surface area contributed by atoms with E-state index in [0.717, 1.165) is 43.5 Å². The summed E-state index contributed by atoms with van der Waals surface area (Å²) in [6.07, 6.45) is 2.59. The van der Waals surface area contributed by atoms with Crippen LogP contribution in [0, 0.1) is 5.82 Å². The van der Waals surface area contributed by atoms with Crippen LogP contribution in [0.15, 0.2) is 64.1 Å². The van der Waals surface area contributed by atoms with Crippen LogP contribution in [-0.4, -0.2) is 40.8 Å². The standard InChI is InChI=1S/C28H33FN4O3/c1-19(21-13-14-22(23(29)17-21)20-11-7-5-8-12-20)24-18-25(36-32-24)30-26(33-15-9-6-10-16-33)31-27(34)35-28(2,3)4/h5,7-8,11-14,17-19H,6,9-10,15-16H2,1-4H3,(H,30,31,34). The third kappa shape index (κ3) is 6.50. The number of aromatic nitrogens is 1. The molecular formula is C28H33FN4O3. The molecule has 1 N–H and O–H groups in total. The Labute approximate surface area is 211 Å². The van der Waals surface area contributed by atoms with Crippen LogP contribution >= 0.6 is 0 Å². The van der Waals surface area contributed by atoms with Crippen LogP contribution < -0.4 is 5.32 Å². The van der Waals surface area contributed by atoms with Gasteiger partial charge >= 0.3 is 6.09 Å². The summed E-state index contributed by atoms with van der Waals surface area (Å²) in [5, 5.41) is 6.94. The molecule has 2 aromatic carbocycles. The molecule has 0 saturated carbocycles. The summed E-state index contributed by atoms with van der Waals surface area (Å²) in [7, 11) is 0. The van der Waals surface area contributed by atoms with Gasteiger partial charge in [-0.3, -0.25) is 5.32 Å². The number of benzene rings is 2. The van der Waals surface area contributed by atoms with Gasteiger partial charge in [-0.1, -0.05) is 54.5 Å². The highest BCUT2D eigenvalue weighted by atomic mass is 19.1. The van der Waals surface area contributed by atoms with Crippen molar-refractivity contribution in [1.82, 2.24) is 15.4 Å². The predicted molar refractivity (Wildman–Crippen MR) is 138 cm³/mol. The number of amides is 1. The highest BCUT2D eigenvalue weighted by Gasteiger charge is 2.23. The van der Waals surface area contributed by atoms with Gasteiger partial charge in [0.1, 0.15) is 11.4 Å². The summed E-state index contributed by atoms with van der Waals surface area (Å²) in [5.74, 6) is 0.128. The van der Waals surface area contributed by atoms with E-state index in [2.05, 4.69) is 15.5 Å². The molecule has 4 rings (SSSR count). The normalized spacial score (nSPS) is 15.5. The second-order valence-electron chi connectivity index (χ2n) is 10.0. The zero-order valence-electron chi connectivity index (χ0n) is 21.3. The van der Waals surface area contributed by atoms with Crippen molar-refractivity contribution in [2.75, 3.05) is 13.1 Å². The van der Waals surface area contributed by atoms with Gasteiger partial charge in [-0.15, -0.1) is 0 Å². The van der Waals surface area contributed by atoms with Gasteiger partial charge in [-0.05, 0) is 57.2 Å². The maximum absolute atomic E-state index is 14.9. The van der Waals surface area contributed by atoms with Crippen LogP contribution in [0.5, 0.6) is 0 Å². The van der Waals surface area contributed by atoms with Crippen molar-refractivity contribution in [3.05, 3.63) is 71.7 Å². The second-order valence-corrected chi connectivity index (χ2v) is 10.0. The van der Waals surface area contributed by atoms with E-state index in [4.69, 9.17) is 9.26 Å². The first-order valence-electron chi connectivity index (χ1n) is 12.3. The molecule has 0 bridgehead atoms. The number of alkyl carbamates (subject to hydrolysis) is 1. The van der Waals surface area contributed by atoms with Crippen molar-refractivity contribution in [3.63, 3.8) is 0 Å². The Morgan fingerprint density at radius 3 is 2.50 bits per heavy atom. The van der Waals surface area contributed by atoms with E-state index in [-0.39, 0.29) is 17.6 Å². The molecule has 190 valence electrons. The highest BCUT2D eigenvalue weighted by Crippen LogP contribution is 2.30. The fourth-order valence-corrected chi connectivity index (χ4v) is 4.14. The number of guanidine groups is 1. The number of ether oxygens (including phenoxy) is 1. The maximum Gasteiger partial charge on any atom is 0.414 e. The average Bonchev–Trinajstić information content (AvgIpc) is 3.31. The second kappa shape index (κ2) is 10.9. The first-order chi connectivity index (χ1) is 17.2. The van der Waals surface area contributed by atoms with Crippen molar-refractivity contribution in [2.45, 2.75) is 58.5 Å². The van der Waals surface area contributed by atoms with E-state index in [0.29, 0.717) is 17.2 Å². The number of likely N-dealkylation sites (tertiary alicyclic amines) is 1. The lowest BCUT2D eigenvalue weighted by molar-refractivity contribution is 0.0555. The van der Waals surface area contributed by atoms with E-state index in [9.17, 15) is 9.18 Å². The number of aliphatic imine (C=N–C) groups is 1. The number of piperidine rings is 1. The molecular weight excluding hydrogens is 459 g/mol. The fourth-order valence-electron chi connectivity index (χ4n) is 4.14. The number of halogens is 1. The van der Waals surface area contributed by atoms with Crippen molar-refractivity contribution in [2.24, 2.45) is 4.99 Å². The number of rotatable bonds is 4. The van der Waals surface area contributed by atoms with Gasteiger partial charge in [-0.2, -0.15) is 4.99 Å². The Hall–Kier alpha value is -3.68. The van der Waals surface area contributed by atoms with Crippen LogP contribution in [0.1, 0.15) is 64.1 Å². The molecule has 36 heavy (non-hydrogen) atoms. The smallest absolute Gasteiger partial charge is 0.414 e. The van der Waals surface area contributed by atoms with E-state index < -0.39 is 11.7 Å². The lowest BCUT2D eigenvalue weighted by Gasteiger charge is -2.30. The molecule has 1 aromatic heterocycles. The van der Waals surface area contributed by atoms with Gasteiger partial charge in [0.2, 0.25) is 5.96 Å². The maximum atomic E-state index is 14.9. The quantitative estimate of drug-likeness (QED) is 0.327. The Kier molecular flexibility index (Phi) is 7.72. The zero-order chi connectivity index (χ0) is 25.7.